The number of carbonyl (C=O) groups is 1. The largest absolute Gasteiger partial charge is 0.481 e. The molecule has 1 rings (SSSR count). The van der Waals surface area contributed by atoms with Gasteiger partial charge in [-0.1, -0.05) is 29.3 Å². The Labute approximate surface area is 104 Å². The van der Waals surface area contributed by atoms with Gasteiger partial charge in [-0.25, -0.2) is 0 Å². The van der Waals surface area contributed by atoms with E-state index in [1.807, 2.05) is 0 Å². The summed E-state index contributed by atoms with van der Waals surface area (Å²) in [5, 5.41) is 18.9. The van der Waals surface area contributed by atoms with Crippen LogP contribution in [-0.2, 0) is 10.2 Å². The maximum absolute atomic E-state index is 11.2. The smallest absolute Gasteiger partial charge is 0.313 e. The molecule has 3 nitrogen and oxygen atoms in total. The Hall–Kier alpha value is -0.770. The van der Waals surface area contributed by atoms with E-state index in [9.17, 15) is 9.90 Å². The van der Waals surface area contributed by atoms with Crippen molar-refractivity contribution in [1.82, 2.24) is 0 Å². The van der Waals surface area contributed by atoms with Crippen LogP contribution in [0.2, 0.25) is 10.0 Å². The molecule has 0 aromatic heterocycles. The fourth-order valence-corrected chi connectivity index (χ4v) is 2.13. The molecule has 1 aromatic rings. The summed E-state index contributed by atoms with van der Waals surface area (Å²) in [6, 6.07) is 4.66. The number of aliphatic hydroxyl groups excluding tert-OH is 1. The lowest BCUT2D eigenvalue weighted by atomic mass is 9.80. The molecule has 88 valence electrons. The molecule has 0 amide bonds. The minimum Gasteiger partial charge on any atom is -0.481 e. The van der Waals surface area contributed by atoms with Gasteiger partial charge in [0, 0.05) is 16.7 Å². The van der Waals surface area contributed by atoms with Gasteiger partial charge in [-0.15, -0.1) is 0 Å². The van der Waals surface area contributed by atoms with Crippen molar-refractivity contribution in [1.29, 1.82) is 0 Å². The SMILES string of the molecule is CC(CCO)(C(=O)O)c1ccc(Cl)cc1Cl. The summed E-state index contributed by atoms with van der Waals surface area (Å²) in [6.45, 7) is 1.31. The molecule has 0 aliphatic rings. The van der Waals surface area contributed by atoms with E-state index in [1.165, 1.54) is 13.0 Å². The van der Waals surface area contributed by atoms with Crippen LogP contribution in [0.4, 0.5) is 0 Å². The lowest BCUT2D eigenvalue weighted by Crippen LogP contribution is -2.33. The number of aliphatic carboxylic acids is 1. The zero-order valence-corrected chi connectivity index (χ0v) is 10.2. The first-order valence-electron chi connectivity index (χ1n) is 4.71. The first-order valence-corrected chi connectivity index (χ1v) is 5.47. The van der Waals surface area contributed by atoms with Crippen molar-refractivity contribution in [3.63, 3.8) is 0 Å². The number of hydrogen-bond acceptors (Lipinski definition) is 2. The van der Waals surface area contributed by atoms with Crippen LogP contribution in [0.25, 0.3) is 0 Å². The Bertz CT molecular complexity index is 406. The van der Waals surface area contributed by atoms with Crippen LogP contribution in [-0.4, -0.2) is 22.8 Å². The fourth-order valence-electron chi connectivity index (χ4n) is 1.52. The van der Waals surface area contributed by atoms with Crippen molar-refractivity contribution in [2.24, 2.45) is 0 Å². The third kappa shape index (κ3) is 2.48. The predicted octanol–water partition coefficient (Wildman–Crippen LogP) is 2.72. The first-order chi connectivity index (χ1) is 7.41. The van der Waals surface area contributed by atoms with E-state index in [-0.39, 0.29) is 13.0 Å². The maximum atomic E-state index is 11.2. The molecule has 0 radical (unpaired) electrons. The van der Waals surface area contributed by atoms with Crippen molar-refractivity contribution in [2.45, 2.75) is 18.8 Å². The molecule has 0 saturated carbocycles. The quantitative estimate of drug-likeness (QED) is 0.878. The molecule has 1 atom stereocenters. The second kappa shape index (κ2) is 5.04. The number of benzene rings is 1. The molecule has 1 aromatic carbocycles. The highest BCUT2D eigenvalue weighted by Crippen LogP contribution is 2.34. The van der Waals surface area contributed by atoms with Crippen LogP contribution in [0, 0.1) is 0 Å². The van der Waals surface area contributed by atoms with Gasteiger partial charge in [-0.2, -0.15) is 0 Å². The van der Waals surface area contributed by atoms with Crippen molar-refractivity contribution in [3.05, 3.63) is 33.8 Å². The maximum Gasteiger partial charge on any atom is 0.313 e. The molecule has 16 heavy (non-hydrogen) atoms. The Kier molecular flexibility index (Phi) is 4.19. The molecule has 0 fully saturated rings. The molecule has 0 aliphatic carbocycles. The second-order valence-corrected chi connectivity index (χ2v) is 4.58. The van der Waals surface area contributed by atoms with Crippen LogP contribution in [0.1, 0.15) is 18.9 Å². The molecule has 0 saturated heterocycles. The first kappa shape index (κ1) is 13.3. The average Bonchev–Trinajstić information content (AvgIpc) is 2.17. The van der Waals surface area contributed by atoms with E-state index in [2.05, 4.69) is 0 Å². The van der Waals surface area contributed by atoms with Crippen molar-refractivity contribution >= 4 is 29.2 Å². The monoisotopic (exact) mass is 262 g/mol. The third-order valence-corrected chi connectivity index (χ3v) is 3.16. The number of halogens is 2. The minimum atomic E-state index is -1.20. The van der Waals surface area contributed by atoms with E-state index < -0.39 is 11.4 Å². The van der Waals surface area contributed by atoms with Crippen LogP contribution in [0.3, 0.4) is 0 Å². The highest BCUT2D eigenvalue weighted by Gasteiger charge is 2.36. The molecule has 0 bridgehead atoms. The number of rotatable bonds is 4. The van der Waals surface area contributed by atoms with E-state index >= 15 is 0 Å². The molecular weight excluding hydrogens is 251 g/mol. The predicted molar refractivity (Wildman–Crippen MR) is 63.2 cm³/mol. The summed E-state index contributed by atoms with van der Waals surface area (Å²) in [7, 11) is 0. The molecule has 0 heterocycles. The fraction of sp³-hybridized carbons (Fsp3) is 0.364. The van der Waals surface area contributed by atoms with E-state index in [4.69, 9.17) is 28.3 Å². The third-order valence-electron chi connectivity index (χ3n) is 2.61. The average molecular weight is 263 g/mol. The van der Waals surface area contributed by atoms with Crippen LogP contribution < -0.4 is 0 Å². The van der Waals surface area contributed by atoms with Gasteiger partial charge in [0.25, 0.3) is 0 Å². The molecule has 0 spiro atoms. The Balaban J connectivity index is 3.26. The number of carboxylic acids is 1. The summed E-state index contributed by atoms with van der Waals surface area (Å²) in [6.07, 6.45) is 0.101. The lowest BCUT2D eigenvalue weighted by Gasteiger charge is -2.25. The van der Waals surface area contributed by atoms with Crippen LogP contribution in [0.5, 0.6) is 0 Å². The zero-order chi connectivity index (χ0) is 12.3. The molecule has 1 unspecified atom stereocenters. The van der Waals surface area contributed by atoms with Gasteiger partial charge < -0.3 is 10.2 Å². The van der Waals surface area contributed by atoms with Gasteiger partial charge in [0.2, 0.25) is 0 Å². The number of carboxylic acid groups (broad SMARTS) is 1. The lowest BCUT2D eigenvalue weighted by molar-refractivity contribution is -0.143. The van der Waals surface area contributed by atoms with Crippen molar-refractivity contribution in [3.8, 4) is 0 Å². The van der Waals surface area contributed by atoms with Crippen molar-refractivity contribution < 1.29 is 15.0 Å². The van der Waals surface area contributed by atoms with Gasteiger partial charge in [0.1, 0.15) is 0 Å². The molecular formula is C11H12Cl2O3. The topological polar surface area (TPSA) is 57.5 Å². The Morgan fingerprint density at radius 2 is 2.06 bits per heavy atom. The van der Waals surface area contributed by atoms with E-state index in [0.717, 1.165) is 0 Å². The van der Waals surface area contributed by atoms with Crippen LogP contribution >= 0.6 is 23.2 Å². The summed E-state index contributed by atoms with van der Waals surface area (Å²) >= 11 is 11.7. The summed E-state index contributed by atoms with van der Waals surface area (Å²) in [5.74, 6) is -1.02. The van der Waals surface area contributed by atoms with Crippen molar-refractivity contribution in [2.75, 3.05) is 6.61 Å². The van der Waals surface area contributed by atoms with E-state index in [0.29, 0.717) is 15.6 Å². The summed E-state index contributed by atoms with van der Waals surface area (Å²) in [5.41, 5.74) is -0.740. The molecule has 2 N–H and O–H groups in total. The van der Waals surface area contributed by atoms with Crippen LogP contribution in [0.15, 0.2) is 18.2 Å². The summed E-state index contributed by atoms with van der Waals surface area (Å²) < 4.78 is 0. The molecule has 0 aliphatic heterocycles. The van der Waals surface area contributed by atoms with Gasteiger partial charge in [-0.3, -0.25) is 4.79 Å². The minimum absolute atomic E-state index is 0.101. The normalized spacial score (nSPS) is 14.5. The Morgan fingerprint density at radius 3 is 2.50 bits per heavy atom. The van der Waals surface area contributed by atoms with E-state index in [1.54, 1.807) is 12.1 Å². The van der Waals surface area contributed by atoms with Gasteiger partial charge >= 0.3 is 5.97 Å². The highest BCUT2D eigenvalue weighted by atomic mass is 35.5. The van der Waals surface area contributed by atoms with Gasteiger partial charge in [0.15, 0.2) is 0 Å². The second-order valence-electron chi connectivity index (χ2n) is 3.74. The van der Waals surface area contributed by atoms with Gasteiger partial charge in [0.05, 0.1) is 5.41 Å². The summed E-state index contributed by atoms with van der Waals surface area (Å²) in [4.78, 5) is 11.2. The zero-order valence-electron chi connectivity index (χ0n) is 8.70. The number of hydrogen-bond donors (Lipinski definition) is 2. The standard InChI is InChI=1S/C11H12Cl2O3/c1-11(4-5-14,10(15)16)8-3-2-7(12)6-9(8)13/h2-3,6,14H,4-5H2,1H3,(H,15,16). The highest BCUT2D eigenvalue weighted by molar-refractivity contribution is 6.35. The molecule has 5 heteroatoms. The number of aliphatic hydroxyl groups is 1. The Morgan fingerprint density at radius 1 is 1.44 bits per heavy atom. The van der Waals surface area contributed by atoms with Gasteiger partial charge in [-0.05, 0) is 31.0 Å².